The summed E-state index contributed by atoms with van der Waals surface area (Å²) >= 11 is 0. The largest absolute Gasteiger partial charge is 0.484 e. The fourth-order valence-electron chi connectivity index (χ4n) is 2.79. The number of nitrogens with zero attached hydrogens (tertiary/aromatic N) is 3. The van der Waals surface area contributed by atoms with E-state index in [4.69, 9.17) is 4.74 Å². The van der Waals surface area contributed by atoms with Crippen molar-refractivity contribution in [1.29, 1.82) is 0 Å². The number of carbonyl (C=O) groups excluding carboxylic acids is 2. The van der Waals surface area contributed by atoms with E-state index in [-0.39, 0.29) is 18.3 Å². The second-order valence-corrected chi connectivity index (χ2v) is 5.94. The molecule has 0 N–H and O–H groups in total. The third kappa shape index (κ3) is 4.35. The average Bonchev–Trinajstić information content (AvgIpc) is 2.67. The van der Waals surface area contributed by atoms with Gasteiger partial charge in [0.15, 0.2) is 12.4 Å². The van der Waals surface area contributed by atoms with E-state index in [1.165, 1.54) is 6.92 Å². The molecule has 1 saturated heterocycles. The minimum Gasteiger partial charge on any atom is -0.484 e. The van der Waals surface area contributed by atoms with Crippen molar-refractivity contribution in [2.24, 2.45) is 0 Å². The monoisotopic (exact) mass is 339 g/mol. The molecule has 0 radical (unpaired) electrons. The highest BCUT2D eigenvalue weighted by Crippen LogP contribution is 2.16. The predicted octanol–water partition coefficient (Wildman–Crippen LogP) is 2.01. The van der Waals surface area contributed by atoms with Crippen molar-refractivity contribution in [3.05, 3.63) is 54.4 Å². The average molecular weight is 339 g/mol. The van der Waals surface area contributed by atoms with Gasteiger partial charge in [-0.1, -0.05) is 0 Å². The van der Waals surface area contributed by atoms with Crippen molar-refractivity contribution in [3.63, 3.8) is 0 Å². The van der Waals surface area contributed by atoms with Gasteiger partial charge < -0.3 is 14.5 Å². The summed E-state index contributed by atoms with van der Waals surface area (Å²) in [7, 11) is 0. The molecule has 0 aliphatic carbocycles. The maximum Gasteiger partial charge on any atom is 0.260 e. The smallest absolute Gasteiger partial charge is 0.260 e. The molecule has 2 heterocycles. The first-order chi connectivity index (χ1) is 12.1. The number of carbonyl (C=O) groups is 2. The standard InChI is InChI=1S/C19H21N3O3/c1-15(23)16-2-4-18(5-3-16)25-14-19(24)22-12-10-21(11-13-22)17-6-8-20-9-7-17/h2-9H,10-14H2,1H3. The topological polar surface area (TPSA) is 62.7 Å². The van der Waals surface area contributed by atoms with Gasteiger partial charge in [-0.15, -0.1) is 0 Å². The molecular weight excluding hydrogens is 318 g/mol. The summed E-state index contributed by atoms with van der Waals surface area (Å²) in [5.41, 5.74) is 1.76. The van der Waals surface area contributed by atoms with Crippen LogP contribution in [0.15, 0.2) is 48.8 Å². The first kappa shape index (κ1) is 17.0. The minimum absolute atomic E-state index is 0.00861. The Labute approximate surface area is 147 Å². The lowest BCUT2D eigenvalue weighted by molar-refractivity contribution is -0.133. The lowest BCUT2D eigenvalue weighted by atomic mass is 10.1. The lowest BCUT2D eigenvalue weighted by Crippen LogP contribution is -2.50. The van der Waals surface area contributed by atoms with Gasteiger partial charge in [0.1, 0.15) is 5.75 Å². The van der Waals surface area contributed by atoms with Gasteiger partial charge in [-0.2, -0.15) is 0 Å². The van der Waals surface area contributed by atoms with Gasteiger partial charge in [0.2, 0.25) is 0 Å². The Kier molecular flexibility index (Phi) is 5.28. The number of aromatic nitrogens is 1. The van der Waals surface area contributed by atoms with Gasteiger partial charge in [-0.25, -0.2) is 0 Å². The van der Waals surface area contributed by atoms with Gasteiger partial charge in [-0.3, -0.25) is 14.6 Å². The second-order valence-electron chi connectivity index (χ2n) is 5.94. The number of amides is 1. The Hall–Kier alpha value is -2.89. The summed E-state index contributed by atoms with van der Waals surface area (Å²) in [6.45, 7) is 4.47. The van der Waals surface area contributed by atoms with Crippen LogP contribution in [0.25, 0.3) is 0 Å². The quantitative estimate of drug-likeness (QED) is 0.780. The maximum atomic E-state index is 12.3. The first-order valence-corrected chi connectivity index (χ1v) is 8.30. The first-order valence-electron chi connectivity index (χ1n) is 8.30. The van der Waals surface area contributed by atoms with E-state index in [0.717, 1.165) is 18.8 Å². The number of hydrogen-bond acceptors (Lipinski definition) is 5. The van der Waals surface area contributed by atoms with Crippen molar-refractivity contribution >= 4 is 17.4 Å². The highest BCUT2D eigenvalue weighted by Gasteiger charge is 2.21. The van der Waals surface area contributed by atoms with Crippen molar-refractivity contribution < 1.29 is 14.3 Å². The summed E-state index contributed by atoms with van der Waals surface area (Å²) < 4.78 is 5.54. The molecule has 1 aromatic heterocycles. The molecule has 6 heteroatoms. The van der Waals surface area contributed by atoms with E-state index in [0.29, 0.717) is 24.4 Å². The van der Waals surface area contributed by atoms with Crippen LogP contribution in [0.4, 0.5) is 5.69 Å². The van der Waals surface area contributed by atoms with Gasteiger partial charge in [-0.05, 0) is 43.3 Å². The fraction of sp³-hybridized carbons (Fsp3) is 0.316. The minimum atomic E-state index is -0.0231. The third-order valence-electron chi connectivity index (χ3n) is 4.28. The van der Waals surface area contributed by atoms with Crippen molar-refractivity contribution in [1.82, 2.24) is 9.88 Å². The Morgan fingerprint density at radius 1 is 1.00 bits per heavy atom. The fourth-order valence-corrected chi connectivity index (χ4v) is 2.79. The number of ketones is 1. The van der Waals surface area contributed by atoms with Crippen molar-refractivity contribution in [2.75, 3.05) is 37.7 Å². The zero-order valence-electron chi connectivity index (χ0n) is 14.2. The van der Waals surface area contributed by atoms with Crippen LogP contribution < -0.4 is 9.64 Å². The summed E-state index contributed by atoms with van der Waals surface area (Å²) in [6.07, 6.45) is 3.55. The van der Waals surface area contributed by atoms with Crippen LogP contribution in [0.5, 0.6) is 5.75 Å². The van der Waals surface area contributed by atoms with Crippen LogP contribution in [-0.4, -0.2) is 54.4 Å². The molecule has 130 valence electrons. The number of piperazine rings is 1. The number of hydrogen-bond donors (Lipinski definition) is 0. The zero-order chi connectivity index (χ0) is 17.6. The molecule has 2 aromatic rings. The molecule has 25 heavy (non-hydrogen) atoms. The number of benzene rings is 1. The van der Waals surface area contributed by atoms with Crippen molar-refractivity contribution in [3.8, 4) is 5.75 Å². The van der Waals surface area contributed by atoms with E-state index in [1.54, 1.807) is 36.7 Å². The molecule has 6 nitrogen and oxygen atoms in total. The number of pyridine rings is 1. The van der Waals surface area contributed by atoms with Crippen LogP contribution in [0, 0.1) is 0 Å². The summed E-state index contributed by atoms with van der Waals surface area (Å²) in [5, 5.41) is 0. The van der Waals surface area contributed by atoms with E-state index >= 15 is 0 Å². The van der Waals surface area contributed by atoms with Gasteiger partial charge in [0, 0.05) is 49.8 Å². The Balaban J connectivity index is 1.47. The molecule has 0 saturated carbocycles. The SMILES string of the molecule is CC(=O)c1ccc(OCC(=O)N2CCN(c3ccncc3)CC2)cc1. The Morgan fingerprint density at radius 2 is 1.64 bits per heavy atom. The highest BCUT2D eigenvalue weighted by atomic mass is 16.5. The molecule has 1 aromatic carbocycles. The van der Waals surface area contributed by atoms with Gasteiger partial charge in [0.05, 0.1) is 0 Å². The van der Waals surface area contributed by atoms with Crippen LogP contribution in [0.2, 0.25) is 0 Å². The number of Topliss-reactive ketones (excluding diaryl/α,β-unsaturated/α-hetero) is 1. The van der Waals surface area contributed by atoms with Crippen LogP contribution in [0.3, 0.4) is 0 Å². The normalized spacial score (nSPS) is 14.3. The van der Waals surface area contributed by atoms with E-state index in [9.17, 15) is 9.59 Å². The van der Waals surface area contributed by atoms with Gasteiger partial charge in [0.25, 0.3) is 5.91 Å². The van der Waals surface area contributed by atoms with Crippen LogP contribution >= 0.6 is 0 Å². The summed E-state index contributed by atoms with van der Waals surface area (Å²) in [4.78, 5) is 31.6. The number of ether oxygens (including phenoxy) is 1. The molecular formula is C19H21N3O3. The van der Waals surface area contributed by atoms with Crippen molar-refractivity contribution in [2.45, 2.75) is 6.92 Å². The zero-order valence-corrected chi connectivity index (χ0v) is 14.2. The molecule has 0 spiro atoms. The van der Waals surface area contributed by atoms with E-state index < -0.39 is 0 Å². The molecule has 0 unspecified atom stereocenters. The molecule has 1 amide bonds. The second kappa shape index (κ2) is 7.79. The molecule has 3 rings (SSSR count). The molecule has 0 bridgehead atoms. The van der Waals surface area contributed by atoms with Gasteiger partial charge >= 0.3 is 0 Å². The van der Waals surface area contributed by atoms with Crippen LogP contribution in [-0.2, 0) is 4.79 Å². The number of rotatable bonds is 5. The molecule has 1 aliphatic rings. The summed E-state index contributed by atoms with van der Waals surface area (Å²) in [5.74, 6) is 0.577. The lowest BCUT2D eigenvalue weighted by Gasteiger charge is -2.36. The molecule has 1 fully saturated rings. The summed E-state index contributed by atoms with van der Waals surface area (Å²) in [6, 6.07) is 10.8. The van der Waals surface area contributed by atoms with Crippen LogP contribution in [0.1, 0.15) is 17.3 Å². The molecule has 1 aliphatic heterocycles. The Morgan fingerprint density at radius 3 is 2.24 bits per heavy atom. The third-order valence-corrected chi connectivity index (χ3v) is 4.28. The number of anilines is 1. The van der Waals surface area contributed by atoms with E-state index in [2.05, 4.69) is 9.88 Å². The Bertz CT molecular complexity index is 723. The highest BCUT2D eigenvalue weighted by molar-refractivity contribution is 5.94. The van der Waals surface area contributed by atoms with E-state index in [1.807, 2.05) is 17.0 Å². The predicted molar refractivity (Wildman–Crippen MR) is 95.0 cm³/mol. The molecule has 0 atom stereocenters. The maximum absolute atomic E-state index is 12.3.